The van der Waals surface area contributed by atoms with Crippen LogP contribution in [-0.2, 0) is 5.41 Å². The molecule has 2 aromatic rings. The zero-order chi connectivity index (χ0) is 16.4. The van der Waals surface area contributed by atoms with E-state index >= 15 is 0 Å². The van der Waals surface area contributed by atoms with Gasteiger partial charge in [0.1, 0.15) is 5.75 Å². The van der Waals surface area contributed by atoms with Crippen molar-refractivity contribution < 1.29 is 4.74 Å². The maximum Gasteiger partial charge on any atom is 0.144 e. The van der Waals surface area contributed by atoms with Crippen LogP contribution < -0.4 is 4.74 Å². The van der Waals surface area contributed by atoms with Crippen molar-refractivity contribution in [2.75, 3.05) is 7.11 Å². The van der Waals surface area contributed by atoms with E-state index in [1.807, 2.05) is 26.0 Å². The summed E-state index contributed by atoms with van der Waals surface area (Å²) in [5, 5.41) is 9.27. The fraction of sp³-hybridized carbons (Fsp3) is 0.450. The molecule has 3 heteroatoms. The van der Waals surface area contributed by atoms with Gasteiger partial charge in [0, 0.05) is 24.0 Å². The number of hydrogen-bond donors (Lipinski definition) is 0. The molecule has 1 aliphatic carbocycles. The highest BCUT2D eigenvalue weighted by Gasteiger charge is 2.21. The zero-order valence-electron chi connectivity index (χ0n) is 14.2. The molecule has 1 saturated carbocycles. The van der Waals surface area contributed by atoms with Crippen molar-refractivity contribution in [1.82, 2.24) is 4.57 Å². The third kappa shape index (κ3) is 2.99. The molecule has 3 nitrogen and oxygen atoms in total. The molecule has 23 heavy (non-hydrogen) atoms. The number of rotatable bonds is 4. The van der Waals surface area contributed by atoms with Crippen LogP contribution in [0.2, 0.25) is 0 Å². The van der Waals surface area contributed by atoms with Crippen LogP contribution in [0.3, 0.4) is 0 Å². The molecule has 0 spiro atoms. The first-order valence-electron chi connectivity index (χ1n) is 8.33. The van der Waals surface area contributed by atoms with Gasteiger partial charge in [-0.2, -0.15) is 5.26 Å². The summed E-state index contributed by atoms with van der Waals surface area (Å²) < 4.78 is 7.90. The summed E-state index contributed by atoms with van der Waals surface area (Å²) >= 11 is 0. The van der Waals surface area contributed by atoms with Crippen molar-refractivity contribution in [1.29, 1.82) is 5.26 Å². The number of nitriles is 1. The van der Waals surface area contributed by atoms with Crippen molar-refractivity contribution in [3.05, 3.63) is 42.2 Å². The van der Waals surface area contributed by atoms with E-state index in [2.05, 4.69) is 35.2 Å². The molecule has 0 radical (unpaired) electrons. The van der Waals surface area contributed by atoms with Crippen LogP contribution >= 0.6 is 0 Å². The normalized spacial score (nSPS) is 15.6. The largest absolute Gasteiger partial charge is 0.495 e. The molecule has 0 unspecified atom stereocenters. The maximum atomic E-state index is 9.27. The second-order valence-corrected chi connectivity index (χ2v) is 6.94. The maximum absolute atomic E-state index is 9.27. The van der Waals surface area contributed by atoms with Crippen LogP contribution in [0.15, 0.2) is 36.7 Å². The third-order valence-corrected chi connectivity index (χ3v) is 4.97. The predicted octanol–water partition coefficient (Wildman–Crippen LogP) is 5.08. The van der Waals surface area contributed by atoms with E-state index in [1.165, 1.54) is 25.7 Å². The number of nitrogens with zero attached hydrogens (tertiary/aromatic N) is 2. The molecule has 0 amide bonds. The van der Waals surface area contributed by atoms with Crippen molar-refractivity contribution in [3.63, 3.8) is 0 Å². The lowest BCUT2D eigenvalue weighted by Gasteiger charge is -2.16. The second-order valence-electron chi connectivity index (χ2n) is 6.94. The van der Waals surface area contributed by atoms with Crippen LogP contribution in [0, 0.1) is 11.3 Å². The minimum atomic E-state index is -0.460. The van der Waals surface area contributed by atoms with Gasteiger partial charge < -0.3 is 9.30 Å². The van der Waals surface area contributed by atoms with E-state index in [0.717, 1.165) is 22.4 Å². The lowest BCUT2D eigenvalue weighted by Crippen LogP contribution is -2.13. The summed E-state index contributed by atoms with van der Waals surface area (Å²) in [6.45, 7) is 3.89. The number of hydrogen-bond acceptors (Lipinski definition) is 2. The molecule has 1 aliphatic rings. The molecule has 1 fully saturated rings. The summed E-state index contributed by atoms with van der Waals surface area (Å²) in [7, 11) is 1.73. The molecule has 120 valence electrons. The van der Waals surface area contributed by atoms with Gasteiger partial charge in [-0.3, -0.25) is 0 Å². The van der Waals surface area contributed by atoms with Gasteiger partial charge in [-0.1, -0.05) is 37.1 Å². The van der Waals surface area contributed by atoms with Gasteiger partial charge in [0.05, 0.1) is 18.6 Å². The average Bonchev–Trinajstić information content (AvgIpc) is 3.24. The Bertz CT molecular complexity index is 713. The van der Waals surface area contributed by atoms with Crippen molar-refractivity contribution in [3.8, 4) is 22.9 Å². The van der Waals surface area contributed by atoms with Crippen LogP contribution in [0.25, 0.3) is 11.1 Å². The SMILES string of the molecule is COc1cn(C2CCCC2)cc1-c1ccc(C(C)(C)C#N)cc1. The zero-order valence-corrected chi connectivity index (χ0v) is 14.2. The molecule has 0 aliphatic heterocycles. The topological polar surface area (TPSA) is 38.0 Å². The minimum Gasteiger partial charge on any atom is -0.495 e. The standard InChI is InChI=1S/C20H24N2O/c1-20(2,14-21)16-10-8-15(9-11-16)18-12-22(13-19(18)23-3)17-6-4-5-7-17/h8-13,17H,4-7H2,1-3H3. The Kier molecular flexibility index (Phi) is 4.17. The van der Waals surface area contributed by atoms with Gasteiger partial charge in [0.25, 0.3) is 0 Å². The number of aromatic nitrogens is 1. The fourth-order valence-electron chi connectivity index (χ4n) is 3.38. The summed E-state index contributed by atoms with van der Waals surface area (Å²) in [6.07, 6.45) is 9.48. The first-order valence-corrected chi connectivity index (χ1v) is 8.33. The van der Waals surface area contributed by atoms with E-state index in [-0.39, 0.29) is 0 Å². The molecule has 0 bridgehead atoms. The van der Waals surface area contributed by atoms with Gasteiger partial charge >= 0.3 is 0 Å². The smallest absolute Gasteiger partial charge is 0.144 e. The molecular weight excluding hydrogens is 284 g/mol. The van der Waals surface area contributed by atoms with Gasteiger partial charge in [0.2, 0.25) is 0 Å². The highest BCUT2D eigenvalue weighted by Crippen LogP contribution is 2.37. The quantitative estimate of drug-likeness (QED) is 0.790. The van der Waals surface area contributed by atoms with E-state index in [9.17, 15) is 5.26 Å². The molecule has 0 saturated heterocycles. The van der Waals surface area contributed by atoms with Crippen LogP contribution in [0.1, 0.15) is 51.1 Å². The highest BCUT2D eigenvalue weighted by molar-refractivity contribution is 5.70. The van der Waals surface area contributed by atoms with Gasteiger partial charge in [-0.15, -0.1) is 0 Å². The number of methoxy groups -OCH3 is 1. The lowest BCUT2D eigenvalue weighted by molar-refractivity contribution is 0.412. The Hall–Kier alpha value is -2.21. The Morgan fingerprint density at radius 1 is 1.13 bits per heavy atom. The van der Waals surface area contributed by atoms with Gasteiger partial charge in [-0.25, -0.2) is 0 Å². The van der Waals surface area contributed by atoms with E-state index in [4.69, 9.17) is 4.74 Å². The number of benzene rings is 1. The van der Waals surface area contributed by atoms with Gasteiger partial charge in [-0.05, 0) is 37.8 Å². The minimum absolute atomic E-state index is 0.460. The van der Waals surface area contributed by atoms with Crippen LogP contribution in [-0.4, -0.2) is 11.7 Å². The van der Waals surface area contributed by atoms with E-state index in [1.54, 1.807) is 7.11 Å². The monoisotopic (exact) mass is 308 g/mol. The first kappa shape index (κ1) is 15.7. The van der Waals surface area contributed by atoms with E-state index in [0.29, 0.717) is 6.04 Å². The molecule has 3 rings (SSSR count). The summed E-state index contributed by atoms with van der Waals surface area (Å²) in [5.74, 6) is 0.921. The third-order valence-electron chi connectivity index (χ3n) is 4.97. The van der Waals surface area contributed by atoms with E-state index < -0.39 is 5.41 Å². The summed E-state index contributed by atoms with van der Waals surface area (Å²) in [5.41, 5.74) is 2.84. The Balaban J connectivity index is 1.93. The van der Waals surface area contributed by atoms with Crippen molar-refractivity contribution >= 4 is 0 Å². The predicted molar refractivity (Wildman–Crippen MR) is 92.6 cm³/mol. The lowest BCUT2D eigenvalue weighted by atomic mass is 9.86. The second kappa shape index (κ2) is 6.12. The molecule has 0 atom stereocenters. The summed E-state index contributed by atoms with van der Waals surface area (Å²) in [4.78, 5) is 0. The average molecular weight is 308 g/mol. The molecule has 0 N–H and O–H groups in total. The fourth-order valence-corrected chi connectivity index (χ4v) is 3.38. The molecule has 1 aromatic carbocycles. The van der Waals surface area contributed by atoms with Gasteiger partial charge in [0.15, 0.2) is 0 Å². The Labute approximate surface area is 138 Å². The molecule has 1 heterocycles. The van der Waals surface area contributed by atoms with Crippen LogP contribution in [0.4, 0.5) is 0 Å². The summed E-state index contributed by atoms with van der Waals surface area (Å²) in [6, 6.07) is 11.2. The van der Waals surface area contributed by atoms with Crippen molar-refractivity contribution in [2.45, 2.75) is 51.0 Å². The first-order chi connectivity index (χ1) is 11.0. The number of ether oxygens (including phenoxy) is 1. The Morgan fingerprint density at radius 3 is 2.35 bits per heavy atom. The molecular formula is C20H24N2O. The Morgan fingerprint density at radius 2 is 1.78 bits per heavy atom. The van der Waals surface area contributed by atoms with Crippen LogP contribution in [0.5, 0.6) is 5.75 Å². The van der Waals surface area contributed by atoms with Crippen molar-refractivity contribution in [2.24, 2.45) is 0 Å². The molecule has 1 aromatic heterocycles. The highest BCUT2D eigenvalue weighted by atomic mass is 16.5.